The van der Waals surface area contributed by atoms with Crippen LogP contribution in [0.3, 0.4) is 0 Å². The third-order valence-corrected chi connectivity index (χ3v) is 4.82. The molecule has 2 nitrogen and oxygen atoms in total. The summed E-state index contributed by atoms with van der Waals surface area (Å²) >= 11 is 10.0. The lowest BCUT2D eigenvalue weighted by Crippen LogP contribution is -2.18. The summed E-state index contributed by atoms with van der Waals surface area (Å²) in [5.41, 5.74) is 3.34. The van der Waals surface area contributed by atoms with Crippen molar-refractivity contribution in [3.05, 3.63) is 69.3 Å². The molecule has 1 atom stereocenters. The maximum atomic E-state index is 6.44. The highest BCUT2D eigenvalue weighted by Crippen LogP contribution is 2.28. The third-order valence-electron chi connectivity index (χ3n) is 3.67. The molecule has 4 heteroatoms. The molecule has 0 bridgehead atoms. The van der Waals surface area contributed by atoms with Gasteiger partial charge in [0.1, 0.15) is 0 Å². The molecule has 0 aliphatic rings. The van der Waals surface area contributed by atoms with E-state index in [0.29, 0.717) is 6.54 Å². The zero-order valence-corrected chi connectivity index (χ0v) is 14.0. The molecule has 0 fully saturated rings. The van der Waals surface area contributed by atoms with Crippen molar-refractivity contribution in [2.45, 2.75) is 19.5 Å². The van der Waals surface area contributed by atoms with Gasteiger partial charge in [0.2, 0.25) is 0 Å². The van der Waals surface area contributed by atoms with E-state index in [-0.39, 0.29) is 6.04 Å². The fourth-order valence-electron chi connectivity index (χ4n) is 2.48. The Hall–Kier alpha value is -1.29. The second-order valence-electron chi connectivity index (χ2n) is 5.09. The Labute approximate surface area is 137 Å². The Morgan fingerprint density at radius 3 is 2.62 bits per heavy atom. The molecule has 1 aromatic heterocycles. The summed E-state index contributed by atoms with van der Waals surface area (Å²) in [6.07, 6.45) is 0. The number of aromatic nitrogens is 1. The Morgan fingerprint density at radius 1 is 1.14 bits per heavy atom. The van der Waals surface area contributed by atoms with Crippen LogP contribution in [-0.2, 0) is 6.54 Å². The fraction of sp³-hybridized carbons (Fsp3) is 0.176. The van der Waals surface area contributed by atoms with E-state index in [1.807, 2.05) is 36.4 Å². The highest BCUT2D eigenvalue weighted by Gasteiger charge is 2.12. The minimum Gasteiger partial charge on any atom is -0.356 e. The monoisotopic (exact) mass is 362 g/mol. The minimum absolute atomic E-state index is 0.239. The summed E-state index contributed by atoms with van der Waals surface area (Å²) in [4.78, 5) is 3.38. The zero-order chi connectivity index (χ0) is 14.8. The number of aromatic amines is 1. The largest absolute Gasteiger partial charge is 0.356 e. The normalized spacial score (nSPS) is 12.7. The smallest absolute Gasteiger partial charge is 0.0705 e. The fourth-order valence-corrected chi connectivity index (χ4v) is 3.38. The van der Waals surface area contributed by atoms with E-state index in [4.69, 9.17) is 11.6 Å². The Bertz CT molecular complexity index is 766. The zero-order valence-electron chi connectivity index (χ0n) is 11.7. The van der Waals surface area contributed by atoms with Gasteiger partial charge in [-0.05, 0) is 24.6 Å². The molecule has 108 valence electrons. The van der Waals surface area contributed by atoms with Crippen molar-refractivity contribution in [1.82, 2.24) is 10.3 Å². The Balaban J connectivity index is 1.77. The first kappa shape index (κ1) is 14.6. The first-order valence-corrected chi connectivity index (χ1v) is 8.07. The van der Waals surface area contributed by atoms with Crippen LogP contribution in [0.4, 0.5) is 0 Å². The molecule has 3 aromatic rings. The van der Waals surface area contributed by atoms with Crippen molar-refractivity contribution >= 4 is 38.4 Å². The summed E-state index contributed by atoms with van der Waals surface area (Å²) in [6.45, 7) is 2.85. The van der Waals surface area contributed by atoms with E-state index < -0.39 is 0 Å². The second kappa shape index (κ2) is 6.22. The van der Waals surface area contributed by atoms with Gasteiger partial charge in [0.05, 0.1) is 5.02 Å². The predicted molar refractivity (Wildman–Crippen MR) is 92.7 cm³/mol. The number of hydrogen-bond acceptors (Lipinski definition) is 1. The minimum atomic E-state index is 0.239. The summed E-state index contributed by atoms with van der Waals surface area (Å²) in [5, 5.41) is 5.39. The van der Waals surface area contributed by atoms with Crippen LogP contribution in [0, 0.1) is 0 Å². The van der Waals surface area contributed by atoms with Crippen molar-refractivity contribution in [3.63, 3.8) is 0 Å². The first-order chi connectivity index (χ1) is 10.2. The van der Waals surface area contributed by atoms with Crippen LogP contribution >= 0.6 is 27.5 Å². The van der Waals surface area contributed by atoms with Crippen LogP contribution in [0.15, 0.2) is 53.0 Å². The molecular weight excluding hydrogens is 348 g/mol. The van der Waals surface area contributed by atoms with Gasteiger partial charge in [-0.15, -0.1) is 0 Å². The van der Waals surface area contributed by atoms with Gasteiger partial charge in [0.25, 0.3) is 0 Å². The number of halogens is 2. The average molecular weight is 364 g/mol. The molecule has 3 rings (SSSR count). The summed E-state index contributed by atoms with van der Waals surface area (Å²) in [5.74, 6) is 0. The van der Waals surface area contributed by atoms with Gasteiger partial charge in [-0.1, -0.05) is 63.9 Å². The van der Waals surface area contributed by atoms with Crippen molar-refractivity contribution < 1.29 is 0 Å². The molecule has 21 heavy (non-hydrogen) atoms. The topological polar surface area (TPSA) is 27.8 Å². The summed E-state index contributed by atoms with van der Waals surface area (Å²) < 4.78 is 1.12. The van der Waals surface area contributed by atoms with E-state index in [1.54, 1.807) is 0 Å². The molecule has 1 heterocycles. The lowest BCUT2D eigenvalue weighted by atomic mass is 10.1. The molecule has 0 saturated carbocycles. The number of nitrogens with one attached hydrogen (secondary N) is 2. The lowest BCUT2D eigenvalue weighted by molar-refractivity contribution is 0.568. The van der Waals surface area contributed by atoms with Gasteiger partial charge in [-0.2, -0.15) is 0 Å². The molecule has 0 amide bonds. The molecule has 0 aliphatic carbocycles. The van der Waals surface area contributed by atoms with Crippen molar-refractivity contribution in [2.75, 3.05) is 0 Å². The van der Waals surface area contributed by atoms with Crippen LogP contribution < -0.4 is 5.32 Å². The van der Waals surface area contributed by atoms with Gasteiger partial charge >= 0.3 is 0 Å². The third kappa shape index (κ3) is 3.00. The van der Waals surface area contributed by atoms with Crippen LogP contribution in [0.2, 0.25) is 5.02 Å². The number of hydrogen-bond donors (Lipinski definition) is 2. The van der Waals surface area contributed by atoms with E-state index in [0.717, 1.165) is 26.1 Å². The molecule has 0 aliphatic heterocycles. The van der Waals surface area contributed by atoms with Gasteiger partial charge < -0.3 is 10.3 Å². The number of fused-ring (bicyclic) bond motifs is 1. The highest BCUT2D eigenvalue weighted by molar-refractivity contribution is 9.10. The van der Waals surface area contributed by atoms with Gasteiger partial charge in [-0.3, -0.25) is 0 Å². The Kier molecular flexibility index (Phi) is 4.34. The highest BCUT2D eigenvalue weighted by atomic mass is 79.9. The lowest BCUT2D eigenvalue weighted by Gasteiger charge is -2.15. The molecule has 2 aromatic carbocycles. The standard InChI is InChI=1S/C17H16BrClN2/c1-11(12-6-2-4-8-14(12)18)20-10-16-17(19)13-7-3-5-9-15(13)21-16/h2-9,11,20-21H,10H2,1H3/t11-/m0/s1. The molecular formula is C17H16BrClN2. The molecule has 0 unspecified atom stereocenters. The van der Waals surface area contributed by atoms with Gasteiger partial charge in [-0.25, -0.2) is 0 Å². The molecule has 2 N–H and O–H groups in total. The van der Waals surface area contributed by atoms with E-state index in [9.17, 15) is 0 Å². The molecule has 0 radical (unpaired) electrons. The predicted octanol–water partition coefficient (Wildman–Crippen LogP) is 5.43. The number of para-hydroxylation sites is 1. The summed E-state index contributed by atoms with van der Waals surface area (Å²) in [6, 6.07) is 16.6. The van der Waals surface area contributed by atoms with Crippen molar-refractivity contribution in [1.29, 1.82) is 0 Å². The number of rotatable bonds is 4. The first-order valence-electron chi connectivity index (χ1n) is 6.89. The Morgan fingerprint density at radius 2 is 1.86 bits per heavy atom. The van der Waals surface area contributed by atoms with Crippen molar-refractivity contribution in [3.8, 4) is 0 Å². The van der Waals surface area contributed by atoms with Crippen LogP contribution in [0.1, 0.15) is 24.2 Å². The van der Waals surface area contributed by atoms with Crippen molar-refractivity contribution in [2.24, 2.45) is 0 Å². The van der Waals surface area contributed by atoms with Crippen LogP contribution in [-0.4, -0.2) is 4.98 Å². The second-order valence-corrected chi connectivity index (χ2v) is 6.32. The van der Waals surface area contributed by atoms with Crippen LogP contribution in [0.5, 0.6) is 0 Å². The number of benzene rings is 2. The molecule has 0 spiro atoms. The average Bonchev–Trinajstić information content (AvgIpc) is 2.82. The SMILES string of the molecule is C[C@H](NCc1[nH]c2ccccc2c1Cl)c1ccccc1Br. The van der Waals surface area contributed by atoms with Crippen LogP contribution in [0.25, 0.3) is 10.9 Å². The molecule has 0 saturated heterocycles. The quantitative estimate of drug-likeness (QED) is 0.635. The van der Waals surface area contributed by atoms with Gasteiger partial charge in [0, 0.05) is 33.7 Å². The maximum Gasteiger partial charge on any atom is 0.0705 e. The van der Waals surface area contributed by atoms with Gasteiger partial charge in [0.15, 0.2) is 0 Å². The van der Waals surface area contributed by atoms with E-state index in [1.165, 1.54) is 5.56 Å². The van der Waals surface area contributed by atoms with E-state index in [2.05, 4.69) is 45.3 Å². The maximum absolute atomic E-state index is 6.44. The van der Waals surface area contributed by atoms with E-state index >= 15 is 0 Å². The summed E-state index contributed by atoms with van der Waals surface area (Å²) in [7, 11) is 0. The number of H-pyrrole nitrogens is 1.